The summed E-state index contributed by atoms with van der Waals surface area (Å²) in [5, 5.41) is 8.98. The molecule has 1 rings (SSSR count). The molecule has 0 atom stereocenters. The van der Waals surface area contributed by atoms with E-state index in [1.165, 1.54) is 0 Å². The normalized spacial score (nSPS) is 11.3. The molecule has 90 valence electrons. The number of hydrogen-bond acceptors (Lipinski definition) is 3. The van der Waals surface area contributed by atoms with Crippen LogP contribution < -0.4 is 0 Å². The summed E-state index contributed by atoms with van der Waals surface area (Å²) in [5.74, 6) is -0.769. The third-order valence-electron chi connectivity index (χ3n) is 2.59. The Morgan fingerprint density at radius 1 is 1.29 bits per heavy atom. The molecule has 0 aliphatic carbocycles. The molecular weight excluding hydrogens is 216 g/mol. The molecule has 0 saturated heterocycles. The molecule has 1 N–H and O–H groups in total. The second kappa shape index (κ2) is 5.99. The first kappa shape index (κ1) is 13.2. The van der Waals surface area contributed by atoms with Gasteiger partial charge in [0.25, 0.3) is 0 Å². The molecule has 17 heavy (non-hydrogen) atoms. The highest BCUT2D eigenvalue weighted by Gasteiger charge is 2.18. The summed E-state index contributed by atoms with van der Waals surface area (Å²) >= 11 is 0. The van der Waals surface area contributed by atoms with E-state index in [0.717, 1.165) is 12.0 Å². The van der Waals surface area contributed by atoms with Gasteiger partial charge in [-0.1, -0.05) is 32.0 Å². The van der Waals surface area contributed by atoms with E-state index in [9.17, 15) is 9.59 Å². The Kier molecular flexibility index (Phi) is 4.64. The molecule has 0 aliphatic heterocycles. The van der Waals surface area contributed by atoms with Crippen molar-refractivity contribution in [2.45, 2.75) is 26.7 Å². The minimum Gasteiger partial charge on any atom is -0.515 e. The molecule has 0 aliphatic rings. The average molecular weight is 232 g/mol. The van der Waals surface area contributed by atoms with Gasteiger partial charge in [0.1, 0.15) is 0 Å². The Morgan fingerprint density at radius 2 is 2.00 bits per heavy atom. The summed E-state index contributed by atoms with van der Waals surface area (Å²) in [4.78, 5) is 23.5. The number of rotatable bonds is 5. The first-order chi connectivity index (χ1) is 8.13. The molecule has 0 amide bonds. The van der Waals surface area contributed by atoms with E-state index in [4.69, 9.17) is 5.11 Å². The third kappa shape index (κ3) is 3.03. The number of aliphatic hydroxyl groups is 1. The Labute approximate surface area is 101 Å². The van der Waals surface area contributed by atoms with E-state index >= 15 is 0 Å². The molecule has 0 fully saturated rings. The van der Waals surface area contributed by atoms with Crippen LogP contribution in [0.15, 0.2) is 36.1 Å². The molecule has 3 heteroatoms. The van der Waals surface area contributed by atoms with Gasteiger partial charge in [0, 0.05) is 12.0 Å². The SMILES string of the molecule is CCC(=O)C(=CO)C(=O)c1cccc(CC)c1. The third-order valence-corrected chi connectivity index (χ3v) is 2.59. The summed E-state index contributed by atoms with van der Waals surface area (Å²) < 4.78 is 0. The average Bonchev–Trinajstić information content (AvgIpc) is 2.39. The summed E-state index contributed by atoms with van der Waals surface area (Å²) in [6, 6.07) is 7.08. The van der Waals surface area contributed by atoms with E-state index in [1.54, 1.807) is 25.1 Å². The maximum Gasteiger partial charge on any atom is 0.199 e. The van der Waals surface area contributed by atoms with Crippen molar-refractivity contribution in [2.24, 2.45) is 0 Å². The Bertz CT molecular complexity index is 458. The van der Waals surface area contributed by atoms with Gasteiger partial charge < -0.3 is 5.11 Å². The first-order valence-electron chi connectivity index (χ1n) is 5.65. The fourth-order valence-electron chi connectivity index (χ4n) is 1.54. The number of aryl methyl sites for hydroxylation is 1. The molecule has 3 nitrogen and oxygen atoms in total. The second-order valence-corrected chi connectivity index (χ2v) is 3.70. The predicted octanol–water partition coefficient (Wildman–Crippen LogP) is 2.85. The van der Waals surface area contributed by atoms with E-state index in [-0.39, 0.29) is 17.8 Å². The summed E-state index contributed by atoms with van der Waals surface area (Å²) in [6.45, 7) is 3.64. The lowest BCUT2D eigenvalue weighted by atomic mass is 9.98. The molecule has 0 spiro atoms. The minimum atomic E-state index is -0.422. The van der Waals surface area contributed by atoms with E-state index in [0.29, 0.717) is 11.8 Å². The van der Waals surface area contributed by atoms with Gasteiger partial charge in [-0.3, -0.25) is 9.59 Å². The molecule has 0 aromatic heterocycles. The second-order valence-electron chi connectivity index (χ2n) is 3.70. The maximum absolute atomic E-state index is 12.0. The smallest absolute Gasteiger partial charge is 0.199 e. The largest absolute Gasteiger partial charge is 0.515 e. The van der Waals surface area contributed by atoms with Crippen molar-refractivity contribution in [1.82, 2.24) is 0 Å². The number of carbonyl (C=O) groups is 2. The van der Waals surface area contributed by atoms with Crippen LogP contribution in [-0.4, -0.2) is 16.7 Å². The molecule has 0 unspecified atom stereocenters. The zero-order valence-corrected chi connectivity index (χ0v) is 10.1. The highest BCUT2D eigenvalue weighted by molar-refractivity contribution is 6.26. The summed E-state index contributed by atoms with van der Waals surface area (Å²) in [6.07, 6.45) is 1.62. The molecular formula is C14H16O3. The summed E-state index contributed by atoms with van der Waals surface area (Å²) in [7, 11) is 0. The molecule has 0 heterocycles. The van der Waals surface area contributed by atoms with Crippen molar-refractivity contribution in [1.29, 1.82) is 0 Å². The molecule has 1 aromatic rings. The number of allylic oxidation sites excluding steroid dienone is 1. The zero-order valence-electron chi connectivity index (χ0n) is 10.1. The molecule has 0 saturated carbocycles. The minimum absolute atomic E-state index is 0.152. The standard InChI is InChI=1S/C14H16O3/c1-3-10-6-5-7-11(8-10)14(17)12(9-15)13(16)4-2/h5-9,15H,3-4H2,1-2H3. The molecule has 0 radical (unpaired) electrons. The van der Waals surface area contributed by atoms with Crippen LogP contribution in [0.5, 0.6) is 0 Å². The van der Waals surface area contributed by atoms with Crippen molar-refractivity contribution >= 4 is 11.6 Å². The molecule has 0 bridgehead atoms. The van der Waals surface area contributed by atoms with Gasteiger partial charge in [-0.25, -0.2) is 0 Å². The molecule has 1 aromatic carbocycles. The fraction of sp³-hybridized carbons (Fsp3) is 0.286. The van der Waals surface area contributed by atoms with E-state index < -0.39 is 5.78 Å². The van der Waals surface area contributed by atoms with Gasteiger partial charge in [0.2, 0.25) is 0 Å². The number of aliphatic hydroxyl groups excluding tert-OH is 1. The highest BCUT2D eigenvalue weighted by Crippen LogP contribution is 2.13. The number of Topliss-reactive ketones (excluding diaryl/α,β-unsaturated/α-hetero) is 2. The highest BCUT2D eigenvalue weighted by atomic mass is 16.2. The van der Waals surface area contributed by atoms with Gasteiger partial charge >= 0.3 is 0 Å². The number of carbonyl (C=O) groups excluding carboxylic acids is 2. The zero-order chi connectivity index (χ0) is 12.8. The quantitative estimate of drug-likeness (QED) is 0.279. The number of hydrogen-bond donors (Lipinski definition) is 1. The van der Waals surface area contributed by atoms with Crippen LogP contribution in [0.25, 0.3) is 0 Å². The van der Waals surface area contributed by atoms with E-state index in [2.05, 4.69) is 0 Å². The van der Waals surface area contributed by atoms with Crippen molar-refractivity contribution in [3.63, 3.8) is 0 Å². The van der Waals surface area contributed by atoms with Crippen molar-refractivity contribution < 1.29 is 14.7 Å². The van der Waals surface area contributed by atoms with Gasteiger partial charge in [-0.2, -0.15) is 0 Å². The van der Waals surface area contributed by atoms with Crippen LogP contribution in [0.2, 0.25) is 0 Å². The Morgan fingerprint density at radius 3 is 2.53 bits per heavy atom. The predicted molar refractivity (Wildman–Crippen MR) is 66.2 cm³/mol. The van der Waals surface area contributed by atoms with Crippen molar-refractivity contribution in [2.75, 3.05) is 0 Å². The van der Waals surface area contributed by atoms with Crippen LogP contribution in [0, 0.1) is 0 Å². The van der Waals surface area contributed by atoms with Crippen LogP contribution in [0.3, 0.4) is 0 Å². The lowest BCUT2D eigenvalue weighted by molar-refractivity contribution is -0.115. The van der Waals surface area contributed by atoms with Crippen molar-refractivity contribution in [3.05, 3.63) is 47.2 Å². The first-order valence-corrected chi connectivity index (χ1v) is 5.65. The van der Waals surface area contributed by atoms with Crippen LogP contribution in [-0.2, 0) is 11.2 Å². The van der Waals surface area contributed by atoms with Crippen LogP contribution in [0.4, 0.5) is 0 Å². The topological polar surface area (TPSA) is 54.4 Å². The fourth-order valence-corrected chi connectivity index (χ4v) is 1.54. The summed E-state index contributed by atoms with van der Waals surface area (Å²) in [5.41, 5.74) is 1.31. The van der Waals surface area contributed by atoms with Crippen molar-refractivity contribution in [3.8, 4) is 0 Å². The van der Waals surface area contributed by atoms with Gasteiger partial charge in [0.05, 0.1) is 11.8 Å². The van der Waals surface area contributed by atoms with Gasteiger partial charge in [-0.05, 0) is 18.1 Å². The number of benzene rings is 1. The Balaban J connectivity index is 3.06. The van der Waals surface area contributed by atoms with Crippen LogP contribution in [0.1, 0.15) is 36.2 Å². The maximum atomic E-state index is 12.0. The van der Waals surface area contributed by atoms with Gasteiger partial charge in [-0.15, -0.1) is 0 Å². The monoisotopic (exact) mass is 232 g/mol. The lowest BCUT2D eigenvalue weighted by Crippen LogP contribution is -2.12. The van der Waals surface area contributed by atoms with E-state index in [1.807, 2.05) is 13.0 Å². The number of ketones is 2. The Hall–Kier alpha value is -1.90. The lowest BCUT2D eigenvalue weighted by Gasteiger charge is -2.04. The van der Waals surface area contributed by atoms with Gasteiger partial charge in [0.15, 0.2) is 11.6 Å². The van der Waals surface area contributed by atoms with Crippen LogP contribution >= 0.6 is 0 Å².